The number of hydrogen-bond acceptors (Lipinski definition) is 7. The molecular formula is C22H23N7O2S. The van der Waals surface area contributed by atoms with E-state index in [0.717, 1.165) is 22.5 Å². The lowest BCUT2D eigenvalue weighted by molar-refractivity contribution is -0.113. The van der Waals surface area contributed by atoms with Gasteiger partial charge in [0.15, 0.2) is 5.82 Å². The molecule has 4 rings (SSSR count). The van der Waals surface area contributed by atoms with Crippen molar-refractivity contribution in [3.05, 3.63) is 65.9 Å². The Hall–Kier alpha value is -3.79. The molecular weight excluding hydrogens is 426 g/mol. The summed E-state index contributed by atoms with van der Waals surface area (Å²) < 4.78 is 8.44. The monoisotopic (exact) mass is 449 g/mol. The van der Waals surface area contributed by atoms with Crippen LogP contribution in [0.1, 0.15) is 11.3 Å². The first-order valence-electron chi connectivity index (χ1n) is 9.86. The number of rotatable bonds is 7. The number of hydrogen-bond donors (Lipinski definition) is 2. The van der Waals surface area contributed by atoms with Crippen LogP contribution in [0.2, 0.25) is 0 Å². The molecule has 0 aliphatic carbocycles. The van der Waals surface area contributed by atoms with Crippen LogP contribution in [0, 0.1) is 13.8 Å². The minimum atomic E-state index is -0.204. The van der Waals surface area contributed by atoms with Gasteiger partial charge in [-0.2, -0.15) is 5.10 Å². The van der Waals surface area contributed by atoms with E-state index in [2.05, 4.69) is 20.6 Å². The Kier molecular flexibility index (Phi) is 6.13. The highest BCUT2D eigenvalue weighted by Gasteiger charge is 2.17. The highest BCUT2D eigenvalue weighted by molar-refractivity contribution is 7.99. The minimum absolute atomic E-state index is 0.110. The lowest BCUT2D eigenvalue weighted by atomic mass is 10.2. The largest absolute Gasteiger partial charge is 0.496 e. The normalized spacial score (nSPS) is 10.8. The molecule has 0 saturated carbocycles. The second-order valence-corrected chi connectivity index (χ2v) is 8.07. The van der Waals surface area contributed by atoms with E-state index < -0.39 is 0 Å². The van der Waals surface area contributed by atoms with Crippen molar-refractivity contribution in [1.29, 1.82) is 0 Å². The molecule has 32 heavy (non-hydrogen) atoms. The van der Waals surface area contributed by atoms with E-state index in [4.69, 9.17) is 10.6 Å². The third-order valence-electron chi connectivity index (χ3n) is 4.72. The molecule has 1 amide bonds. The summed E-state index contributed by atoms with van der Waals surface area (Å²) in [5, 5.41) is 16.1. The van der Waals surface area contributed by atoms with Gasteiger partial charge in [-0.25, -0.2) is 9.36 Å². The Labute approximate surface area is 189 Å². The van der Waals surface area contributed by atoms with Crippen LogP contribution in [-0.4, -0.2) is 43.4 Å². The maximum Gasteiger partial charge on any atom is 0.236 e. The third kappa shape index (κ3) is 4.45. The molecule has 0 spiro atoms. The Morgan fingerprint density at radius 1 is 1.12 bits per heavy atom. The fourth-order valence-electron chi connectivity index (χ4n) is 3.17. The molecule has 0 fully saturated rings. The van der Waals surface area contributed by atoms with Crippen LogP contribution in [0.25, 0.3) is 17.1 Å². The van der Waals surface area contributed by atoms with Gasteiger partial charge in [-0.1, -0.05) is 41.6 Å². The van der Waals surface area contributed by atoms with Crippen LogP contribution in [0.15, 0.2) is 59.8 Å². The van der Waals surface area contributed by atoms with Crippen molar-refractivity contribution in [2.75, 3.05) is 24.0 Å². The zero-order valence-corrected chi connectivity index (χ0v) is 18.8. The number of methoxy groups -OCH3 is 1. The summed E-state index contributed by atoms with van der Waals surface area (Å²) in [7, 11) is 1.58. The van der Waals surface area contributed by atoms with Crippen LogP contribution < -0.4 is 15.9 Å². The fourth-order valence-corrected chi connectivity index (χ4v) is 3.83. The van der Waals surface area contributed by atoms with Gasteiger partial charge in [0, 0.05) is 6.07 Å². The van der Waals surface area contributed by atoms with E-state index in [1.54, 1.807) is 11.8 Å². The summed E-state index contributed by atoms with van der Waals surface area (Å²) in [6, 6.07) is 17.2. The van der Waals surface area contributed by atoms with Gasteiger partial charge >= 0.3 is 0 Å². The average Bonchev–Trinajstić information content (AvgIpc) is 3.34. The number of carbonyl (C=O) groups is 1. The number of nitrogens with two attached hydrogens (primary N) is 1. The summed E-state index contributed by atoms with van der Waals surface area (Å²) in [6.07, 6.45) is 0. The first-order chi connectivity index (χ1) is 15.5. The number of para-hydroxylation sites is 1. The molecule has 0 saturated heterocycles. The summed E-state index contributed by atoms with van der Waals surface area (Å²) in [5.41, 5.74) is 3.54. The van der Waals surface area contributed by atoms with Gasteiger partial charge in [0.05, 0.1) is 29.8 Å². The first kappa shape index (κ1) is 21.4. The number of anilines is 1. The number of aromatic nitrogens is 5. The maximum absolute atomic E-state index is 12.6. The fraction of sp³-hybridized carbons (Fsp3) is 0.182. The number of thioether (sulfide) groups is 1. The molecule has 3 N–H and O–H groups in total. The van der Waals surface area contributed by atoms with Crippen molar-refractivity contribution < 1.29 is 9.53 Å². The van der Waals surface area contributed by atoms with Gasteiger partial charge in [-0.15, -0.1) is 10.2 Å². The maximum atomic E-state index is 12.6. The molecule has 0 aliphatic heterocycles. The van der Waals surface area contributed by atoms with Crippen LogP contribution in [0.4, 0.5) is 5.82 Å². The van der Waals surface area contributed by atoms with Gasteiger partial charge in [0.1, 0.15) is 11.6 Å². The number of ether oxygens (including phenoxy) is 1. The van der Waals surface area contributed by atoms with E-state index in [9.17, 15) is 4.79 Å². The molecule has 2 aromatic carbocycles. The molecule has 2 aromatic heterocycles. The minimum Gasteiger partial charge on any atom is -0.496 e. The highest BCUT2D eigenvalue weighted by atomic mass is 32.2. The Morgan fingerprint density at radius 3 is 2.62 bits per heavy atom. The highest BCUT2D eigenvalue weighted by Crippen LogP contribution is 2.29. The molecule has 0 radical (unpaired) electrons. The quantitative estimate of drug-likeness (QED) is 0.329. The molecule has 10 heteroatoms. The molecule has 164 valence electrons. The molecule has 0 unspecified atom stereocenters. The average molecular weight is 450 g/mol. The van der Waals surface area contributed by atoms with Crippen molar-refractivity contribution in [2.24, 2.45) is 0 Å². The zero-order valence-electron chi connectivity index (χ0n) is 17.9. The lowest BCUT2D eigenvalue weighted by Crippen LogP contribution is -2.18. The van der Waals surface area contributed by atoms with Gasteiger partial charge in [0.2, 0.25) is 11.1 Å². The van der Waals surface area contributed by atoms with Crippen molar-refractivity contribution in [2.45, 2.75) is 19.0 Å². The Morgan fingerprint density at radius 2 is 1.88 bits per heavy atom. The van der Waals surface area contributed by atoms with E-state index in [0.29, 0.717) is 22.5 Å². The molecule has 0 aliphatic rings. The molecule has 2 heterocycles. The number of nitrogens with one attached hydrogen (secondary N) is 1. The van der Waals surface area contributed by atoms with Crippen LogP contribution >= 0.6 is 11.8 Å². The van der Waals surface area contributed by atoms with Gasteiger partial charge in [-0.3, -0.25) is 4.79 Å². The van der Waals surface area contributed by atoms with Gasteiger partial charge < -0.3 is 15.9 Å². The number of aryl methyl sites for hydroxylation is 2. The number of nitrogen functional groups attached to an aromatic ring is 1. The van der Waals surface area contributed by atoms with Crippen LogP contribution in [0.3, 0.4) is 0 Å². The molecule has 9 nitrogen and oxygen atoms in total. The van der Waals surface area contributed by atoms with E-state index in [-0.39, 0.29) is 11.7 Å². The predicted molar refractivity (Wildman–Crippen MR) is 125 cm³/mol. The van der Waals surface area contributed by atoms with Gasteiger partial charge in [0.25, 0.3) is 0 Å². The topological polar surface area (TPSA) is 113 Å². The SMILES string of the molecule is COc1ccccc1-c1nnc(SCC(=O)Nc2cc(C)nn2-c2ccc(C)cc2)n1N. The van der Waals surface area contributed by atoms with Crippen molar-refractivity contribution in [3.63, 3.8) is 0 Å². The summed E-state index contributed by atoms with van der Waals surface area (Å²) >= 11 is 1.20. The van der Waals surface area contributed by atoms with Crippen molar-refractivity contribution >= 4 is 23.5 Å². The Bertz CT molecular complexity index is 1250. The lowest BCUT2D eigenvalue weighted by Gasteiger charge is -2.09. The van der Waals surface area contributed by atoms with E-state index in [1.807, 2.05) is 68.4 Å². The van der Waals surface area contributed by atoms with Crippen LogP contribution in [0.5, 0.6) is 5.75 Å². The van der Waals surface area contributed by atoms with Crippen molar-refractivity contribution in [3.8, 4) is 22.8 Å². The molecule has 0 atom stereocenters. The first-order valence-corrected chi connectivity index (χ1v) is 10.8. The Balaban J connectivity index is 1.46. The second-order valence-electron chi connectivity index (χ2n) is 7.13. The molecule has 0 bridgehead atoms. The second kappa shape index (κ2) is 9.15. The van der Waals surface area contributed by atoms with E-state index >= 15 is 0 Å². The van der Waals surface area contributed by atoms with E-state index in [1.165, 1.54) is 16.4 Å². The van der Waals surface area contributed by atoms with Gasteiger partial charge in [-0.05, 0) is 38.1 Å². The summed E-state index contributed by atoms with van der Waals surface area (Å²) in [4.78, 5) is 12.6. The number of benzene rings is 2. The standard InChI is InChI=1S/C22H23N7O2S/c1-14-8-10-16(11-9-14)29-19(12-15(2)27-29)24-20(30)13-32-22-26-25-21(28(22)23)17-6-4-5-7-18(17)31-3/h4-12H,13,23H2,1-3H3,(H,24,30). The number of carbonyl (C=O) groups excluding carboxylic acids is 1. The zero-order chi connectivity index (χ0) is 22.7. The van der Waals surface area contributed by atoms with Crippen molar-refractivity contribution in [1.82, 2.24) is 24.7 Å². The summed E-state index contributed by atoms with van der Waals surface area (Å²) in [5.74, 6) is 7.78. The molecule has 4 aromatic rings. The number of amides is 1. The predicted octanol–water partition coefficient (Wildman–Crippen LogP) is 3.20. The summed E-state index contributed by atoms with van der Waals surface area (Å²) in [6.45, 7) is 3.90. The third-order valence-corrected chi connectivity index (χ3v) is 5.67. The number of nitrogens with zero attached hydrogens (tertiary/aromatic N) is 5. The smallest absolute Gasteiger partial charge is 0.236 e. The van der Waals surface area contributed by atoms with Crippen LogP contribution in [-0.2, 0) is 4.79 Å².